The first-order chi connectivity index (χ1) is 13.8. The van der Waals surface area contributed by atoms with E-state index in [1.165, 1.54) is 7.11 Å². The second kappa shape index (κ2) is 10.2. The van der Waals surface area contributed by atoms with Gasteiger partial charge in [-0.15, -0.1) is 0 Å². The van der Waals surface area contributed by atoms with Gasteiger partial charge in [-0.2, -0.15) is 0 Å². The first-order valence-corrected chi connectivity index (χ1v) is 9.10. The molecule has 5 N–H and O–H groups in total. The Labute approximate surface area is 167 Å². The largest absolute Gasteiger partial charge is 0.469 e. The number of carbonyl (C=O) groups is 5. The SMILES string of the molecule is COC(=O)CC[C@H](NC(=O)C[C@@H]1NC(=O)[C@H](Cc2ccccc2)NC1=O)C(N)=O. The molecule has 1 aliphatic rings. The first-order valence-electron chi connectivity index (χ1n) is 9.10. The van der Waals surface area contributed by atoms with Gasteiger partial charge in [0.05, 0.1) is 13.5 Å². The Morgan fingerprint density at radius 3 is 2.34 bits per heavy atom. The molecular weight excluding hydrogens is 380 g/mol. The number of hydrogen-bond acceptors (Lipinski definition) is 6. The van der Waals surface area contributed by atoms with Crippen molar-refractivity contribution in [2.75, 3.05) is 7.11 Å². The van der Waals surface area contributed by atoms with Crippen molar-refractivity contribution in [2.24, 2.45) is 5.73 Å². The molecule has 2 rings (SSSR count). The molecule has 0 radical (unpaired) electrons. The maximum atomic E-state index is 12.3. The number of hydrogen-bond donors (Lipinski definition) is 4. The van der Waals surface area contributed by atoms with Gasteiger partial charge < -0.3 is 26.4 Å². The van der Waals surface area contributed by atoms with Crippen LogP contribution in [0.2, 0.25) is 0 Å². The van der Waals surface area contributed by atoms with Crippen LogP contribution in [0.4, 0.5) is 0 Å². The Kier molecular flexibility index (Phi) is 7.70. The predicted octanol–water partition coefficient (Wildman–Crippen LogP) is -1.47. The van der Waals surface area contributed by atoms with E-state index in [9.17, 15) is 24.0 Å². The van der Waals surface area contributed by atoms with Crippen LogP contribution in [0.1, 0.15) is 24.8 Å². The number of esters is 1. The average Bonchev–Trinajstić information content (AvgIpc) is 2.69. The number of methoxy groups -OCH3 is 1. The molecule has 156 valence electrons. The van der Waals surface area contributed by atoms with Gasteiger partial charge >= 0.3 is 5.97 Å². The third-order valence-corrected chi connectivity index (χ3v) is 4.48. The van der Waals surface area contributed by atoms with E-state index in [1.54, 1.807) is 0 Å². The van der Waals surface area contributed by atoms with Crippen molar-refractivity contribution < 1.29 is 28.7 Å². The van der Waals surface area contributed by atoms with Crippen LogP contribution in [0.15, 0.2) is 30.3 Å². The van der Waals surface area contributed by atoms with Crippen LogP contribution in [0.3, 0.4) is 0 Å². The highest BCUT2D eigenvalue weighted by atomic mass is 16.5. The summed E-state index contributed by atoms with van der Waals surface area (Å²) in [6.45, 7) is 0. The predicted molar refractivity (Wildman–Crippen MR) is 101 cm³/mol. The fourth-order valence-corrected chi connectivity index (χ4v) is 2.90. The third kappa shape index (κ3) is 6.59. The number of piperazine rings is 1. The van der Waals surface area contributed by atoms with Crippen molar-refractivity contribution in [3.8, 4) is 0 Å². The van der Waals surface area contributed by atoms with E-state index in [0.29, 0.717) is 6.42 Å². The van der Waals surface area contributed by atoms with Crippen LogP contribution in [0.5, 0.6) is 0 Å². The number of carbonyl (C=O) groups excluding carboxylic acids is 5. The van der Waals surface area contributed by atoms with Gasteiger partial charge in [-0.1, -0.05) is 30.3 Å². The molecule has 10 nitrogen and oxygen atoms in total. The molecule has 1 aliphatic heterocycles. The maximum Gasteiger partial charge on any atom is 0.305 e. The Morgan fingerprint density at radius 2 is 1.72 bits per heavy atom. The highest BCUT2D eigenvalue weighted by Crippen LogP contribution is 2.09. The van der Waals surface area contributed by atoms with Crippen LogP contribution < -0.4 is 21.7 Å². The maximum absolute atomic E-state index is 12.3. The highest BCUT2D eigenvalue weighted by Gasteiger charge is 2.35. The summed E-state index contributed by atoms with van der Waals surface area (Å²) < 4.78 is 4.48. The fourth-order valence-electron chi connectivity index (χ4n) is 2.90. The Morgan fingerprint density at radius 1 is 1.10 bits per heavy atom. The number of ether oxygens (including phenoxy) is 1. The lowest BCUT2D eigenvalue weighted by Gasteiger charge is -2.29. The van der Waals surface area contributed by atoms with E-state index in [-0.39, 0.29) is 19.3 Å². The zero-order valence-corrected chi connectivity index (χ0v) is 16.0. The van der Waals surface area contributed by atoms with Crippen LogP contribution in [-0.2, 0) is 35.1 Å². The number of amides is 4. The monoisotopic (exact) mass is 404 g/mol. The molecule has 4 amide bonds. The number of benzene rings is 1. The van der Waals surface area contributed by atoms with Crippen molar-refractivity contribution in [3.05, 3.63) is 35.9 Å². The summed E-state index contributed by atoms with van der Waals surface area (Å²) in [6, 6.07) is 6.32. The van der Waals surface area contributed by atoms with Gasteiger partial charge in [0.1, 0.15) is 18.1 Å². The molecule has 0 saturated carbocycles. The molecule has 1 heterocycles. The molecule has 1 saturated heterocycles. The van der Waals surface area contributed by atoms with Crippen LogP contribution >= 0.6 is 0 Å². The van der Waals surface area contributed by atoms with Crippen molar-refractivity contribution in [2.45, 2.75) is 43.8 Å². The van der Waals surface area contributed by atoms with Gasteiger partial charge in [0.25, 0.3) is 0 Å². The van der Waals surface area contributed by atoms with Gasteiger partial charge in [-0.05, 0) is 12.0 Å². The summed E-state index contributed by atoms with van der Waals surface area (Å²) in [5.41, 5.74) is 6.12. The lowest BCUT2D eigenvalue weighted by atomic mass is 10.0. The summed E-state index contributed by atoms with van der Waals surface area (Å²) in [5, 5.41) is 7.51. The molecule has 1 aromatic rings. The highest BCUT2D eigenvalue weighted by molar-refractivity contribution is 5.99. The number of nitrogens with one attached hydrogen (secondary N) is 3. The Hall–Kier alpha value is -3.43. The molecule has 0 bridgehead atoms. The minimum atomic E-state index is -1.09. The van der Waals surface area contributed by atoms with Gasteiger partial charge in [-0.25, -0.2) is 0 Å². The van der Waals surface area contributed by atoms with Crippen molar-refractivity contribution >= 4 is 29.6 Å². The number of rotatable bonds is 9. The molecule has 0 spiro atoms. The molecule has 0 aliphatic carbocycles. The van der Waals surface area contributed by atoms with Crippen LogP contribution in [0.25, 0.3) is 0 Å². The standard InChI is InChI=1S/C19H24N4O6/c1-29-16(25)8-7-12(17(20)26)21-15(24)10-14-19(28)22-13(18(27)23-14)9-11-5-3-2-4-6-11/h2-6,12-14H,7-10H2,1H3,(H2,20,26)(H,21,24)(H,22,28)(H,23,27)/t12-,13-,14-/m0/s1. The zero-order chi connectivity index (χ0) is 21.4. The topological polar surface area (TPSA) is 157 Å². The minimum absolute atomic E-state index is 0.0316. The second-order valence-electron chi connectivity index (χ2n) is 6.65. The fraction of sp³-hybridized carbons (Fsp3) is 0.421. The van der Waals surface area contributed by atoms with Gasteiger partial charge in [-0.3, -0.25) is 24.0 Å². The van der Waals surface area contributed by atoms with E-state index in [2.05, 4.69) is 20.7 Å². The van der Waals surface area contributed by atoms with E-state index in [4.69, 9.17) is 5.73 Å². The van der Waals surface area contributed by atoms with E-state index < -0.39 is 47.7 Å². The second-order valence-corrected chi connectivity index (χ2v) is 6.65. The molecule has 0 aromatic heterocycles. The molecular formula is C19H24N4O6. The summed E-state index contributed by atoms with van der Waals surface area (Å²) in [5.74, 6) is -2.91. The molecule has 1 fully saturated rings. The quantitative estimate of drug-likeness (QED) is 0.368. The molecule has 3 atom stereocenters. The van der Waals surface area contributed by atoms with Gasteiger partial charge in [0.15, 0.2) is 0 Å². The summed E-state index contributed by atoms with van der Waals surface area (Å²) in [7, 11) is 1.20. The number of primary amides is 1. The summed E-state index contributed by atoms with van der Waals surface area (Å²) in [4.78, 5) is 59.4. The smallest absolute Gasteiger partial charge is 0.305 e. The Bertz CT molecular complexity index is 782. The van der Waals surface area contributed by atoms with Crippen LogP contribution in [0, 0.1) is 0 Å². The summed E-state index contributed by atoms with van der Waals surface area (Å²) >= 11 is 0. The van der Waals surface area contributed by atoms with Crippen molar-refractivity contribution in [3.63, 3.8) is 0 Å². The van der Waals surface area contributed by atoms with E-state index >= 15 is 0 Å². The molecule has 10 heteroatoms. The zero-order valence-electron chi connectivity index (χ0n) is 16.0. The molecule has 0 unspecified atom stereocenters. The van der Waals surface area contributed by atoms with Gasteiger partial charge in [0, 0.05) is 12.8 Å². The first kappa shape index (κ1) is 21.9. The normalized spacial score (nSPS) is 19.5. The number of nitrogens with two attached hydrogens (primary N) is 1. The van der Waals surface area contributed by atoms with Gasteiger partial charge in [0.2, 0.25) is 23.6 Å². The lowest BCUT2D eigenvalue weighted by Crippen LogP contribution is -2.63. The third-order valence-electron chi connectivity index (χ3n) is 4.48. The molecule has 29 heavy (non-hydrogen) atoms. The van der Waals surface area contributed by atoms with E-state index in [1.807, 2.05) is 30.3 Å². The van der Waals surface area contributed by atoms with E-state index in [0.717, 1.165) is 5.56 Å². The summed E-state index contributed by atoms with van der Waals surface area (Å²) in [6.07, 6.45) is -0.172. The van der Waals surface area contributed by atoms with Crippen molar-refractivity contribution in [1.82, 2.24) is 16.0 Å². The Balaban J connectivity index is 1.88. The molecule has 1 aromatic carbocycles. The minimum Gasteiger partial charge on any atom is -0.469 e. The lowest BCUT2D eigenvalue weighted by molar-refractivity contribution is -0.141. The van der Waals surface area contributed by atoms with Crippen LogP contribution in [-0.4, -0.2) is 54.8 Å². The van der Waals surface area contributed by atoms with Crippen molar-refractivity contribution in [1.29, 1.82) is 0 Å². The average molecular weight is 404 g/mol.